The molecule has 0 saturated carbocycles. The first-order valence-corrected chi connectivity index (χ1v) is 9.12. The van der Waals surface area contributed by atoms with Crippen LogP contribution < -0.4 is 5.32 Å². The van der Waals surface area contributed by atoms with E-state index in [1.54, 1.807) is 42.5 Å². The van der Waals surface area contributed by atoms with Gasteiger partial charge in [-0.2, -0.15) is 0 Å². The van der Waals surface area contributed by atoms with E-state index in [0.29, 0.717) is 40.0 Å². The van der Waals surface area contributed by atoms with E-state index in [0.717, 1.165) is 5.56 Å². The van der Waals surface area contributed by atoms with Crippen LogP contribution in [0.15, 0.2) is 54.0 Å². The fourth-order valence-corrected chi connectivity index (χ4v) is 3.86. The molecule has 0 spiro atoms. The second kappa shape index (κ2) is 6.87. The number of nitrogens with one attached hydrogen (secondary N) is 1. The summed E-state index contributed by atoms with van der Waals surface area (Å²) in [4.78, 5) is 32.9. The van der Waals surface area contributed by atoms with Crippen molar-refractivity contribution in [3.05, 3.63) is 75.2 Å². The van der Waals surface area contributed by atoms with Crippen molar-refractivity contribution in [3.8, 4) is 0 Å². The minimum absolute atomic E-state index is 0.137. The van der Waals surface area contributed by atoms with Crippen LogP contribution in [0.3, 0.4) is 0 Å². The number of urea groups is 1. The van der Waals surface area contributed by atoms with Gasteiger partial charge in [-0.05, 0) is 23.3 Å². The largest absolute Gasteiger partial charge is 0.329 e. The van der Waals surface area contributed by atoms with Crippen molar-refractivity contribution >= 4 is 35.1 Å². The second-order valence-electron chi connectivity index (χ2n) is 6.47. The van der Waals surface area contributed by atoms with Gasteiger partial charge in [-0.3, -0.25) is 14.7 Å². The maximum absolute atomic E-state index is 13.2. The van der Waals surface area contributed by atoms with Crippen molar-refractivity contribution in [1.29, 1.82) is 0 Å². The molecule has 1 aromatic heterocycles. The van der Waals surface area contributed by atoms with Crippen LogP contribution in [0.1, 0.15) is 17.2 Å². The first-order valence-electron chi connectivity index (χ1n) is 8.36. The number of hydrogen-bond donors (Lipinski definition) is 1. The van der Waals surface area contributed by atoms with Gasteiger partial charge in [-0.25, -0.2) is 4.79 Å². The van der Waals surface area contributed by atoms with Crippen LogP contribution in [0.4, 0.5) is 4.79 Å². The summed E-state index contributed by atoms with van der Waals surface area (Å²) in [6.07, 6.45) is 3.41. The second-order valence-corrected chi connectivity index (χ2v) is 7.25. The summed E-state index contributed by atoms with van der Waals surface area (Å²) in [6, 6.07) is 8.01. The van der Waals surface area contributed by atoms with Gasteiger partial charge in [-0.15, -0.1) is 0 Å². The Balaban J connectivity index is 1.72. The summed E-state index contributed by atoms with van der Waals surface area (Å²) in [5, 5.41) is 3.57. The highest BCUT2D eigenvalue weighted by Crippen LogP contribution is 2.40. The summed E-state index contributed by atoms with van der Waals surface area (Å²) >= 11 is 12.5. The predicted molar refractivity (Wildman–Crippen MR) is 102 cm³/mol. The molecule has 2 aliphatic heterocycles. The summed E-state index contributed by atoms with van der Waals surface area (Å²) < 4.78 is 0. The molecule has 0 unspecified atom stereocenters. The van der Waals surface area contributed by atoms with Crippen LogP contribution in [0.25, 0.3) is 0 Å². The molecular weight excluding hydrogens is 387 g/mol. The lowest BCUT2D eigenvalue weighted by atomic mass is 9.95. The number of carbonyl (C=O) groups excluding carboxylic acids is 2. The Morgan fingerprint density at radius 1 is 1.22 bits per heavy atom. The molecule has 1 aromatic carbocycles. The fraction of sp³-hybridized carbons (Fsp3) is 0.211. The van der Waals surface area contributed by atoms with E-state index in [9.17, 15) is 9.59 Å². The Labute approximate surface area is 166 Å². The molecule has 0 bridgehead atoms. The van der Waals surface area contributed by atoms with E-state index < -0.39 is 6.04 Å². The minimum Gasteiger partial charge on any atom is -0.329 e. The van der Waals surface area contributed by atoms with Crippen LogP contribution >= 0.6 is 23.2 Å². The van der Waals surface area contributed by atoms with Crippen LogP contribution in [0.2, 0.25) is 10.0 Å². The van der Waals surface area contributed by atoms with E-state index in [2.05, 4.69) is 10.3 Å². The standard InChI is InChI=1S/C19H16Cl2N4O2/c1-24-14-10-25(9-11-4-3-7-22-8-11)18(26)15(14)17(23-19(24)27)12-5-2-6-13(20)16(12)21/h2-8,17H,9-10H2,1H3,(H,23,27)/t17-/m0/s1. The lowest BCUT2D eigenvalue weighted by Gasteiger charge is -2.31. The Kier molecular flexibility index (Phi) is 4.53. The maximum Gasteiger partial charge on any atom is 0.322 e. The number of aromatic nitrogens is 1. The van der Waals surface area contributed by atoms with Crippen LogP contribution in [-0.4, -0.2) is 40.3 Å². The number of rotatable bonds is 3. The highest BCUT2D eigenvalue weighted by atomic mass is 35.5. The number of halogens is 2. The Morgan fingerprint density at radius 3 is 2.78 bits per heavy atom. The molecule has 3 amide bonds. The van der Waals surface area contributed by atoms with Crippen LogP contribution in [-0.2, 0) is 11.3 Å². The average molecular weight is 403 g/mol. The van der Waals surface area contributed by atoms with E-state index in [-0.39, 0.29) is 11.9 Å². The first kappa shape index (κ1) is 17.8. The highest BCUT2D eigenvalue weighted by Gasteiger charge is 2.43. The van der Waals surface area contributed by atoms with Crippen molar-refractivity contribution in [2.75, 3.05) is 13.6 Å². The molecule has 1 N–H and O–H groups in total. The molecule has 1 atom stereocenters. The van der Waals surface area contributed by atoms with Gasteiger partial charge >= 0.3 is 6.03 Å². The summed E-state index contributed by atoms with van der Waals surface area (Å²) in [5.41, 5.74) is 2.72. The number of likely N-dealkylation sites (N-methyl/N-ethyl adjacent to an activating group) is 1. The Bertz CT molecular complexity index is 961. The number of hydrogen-bond acceptors (Lipinski definition) is 3. The molecule has 8 heteroatoms. The van der Waals surface area contributed by atoms with Gasteiger partial charge in [0.15, 0.2) is 0 Å². The van der Waals surface area contributed by atoms with Crippen LogP contribution in [0.5, 0.6) is 0 Å². The Morgan fingerprint density at radius 2 is 2.04 bits per heavy atom. The van der Waals surface area contributed by atoms with Gasteiger partial charge in [0.05, 0.1) is 33.9 Å². The molecule has 2 aliphatic rings. The molecule has 6 nitrogen and oxygen atoms in total. The van der Waals surface area contributed by atoms with Gasteiger partial charge in [0.1, 0.15) is 0 Å². The average Bonchev–Trinajstić information content (AvgIpc) is 2.98. The molecule has 0 radical (unpaired) electrons. The lowest BCUT2D eigenvalue weighted by Crippen LogP contribution is -2.45. The third kappa shape index (κ3) is 3.05. The molecule has 27 heavy (non-hydrogen) atoms. The van der Waals surface area contributed by atoms with Gasteiger partial charge in [-0.1, -0.05) is 41.4 Å². The van der Waals surface area contributed by atoms with E-state index >= 15 is 0 Å². The van der Waals surface area contributed by atoms with Gasteiger partial charge in [0.2, 0.25) is 0 Å². The van der Waals surface area contributed by atoms with Gasteiger partial charge in [0.25, 0.3) is 5.91 Å². The number of amides is 3. The summed E-state index contributed by atoms with van der Waals surface area (Å²) in [6.45, 7) is 0.763. The van der Waals surface area contributed by atoms with Crippen molar-refractivity contribution in [2.45, 2.75) is 12.6 Å². The van der Waals surface area contributed by atoms with E-state index in [1.165, 1.54) is 4.90 Å². The fourth-order valence-electron chi connectivity index (χ4n) is 3.44. The normalized spacial score (nSPS) is 19.4. The number of carbonyl (C=O) groups is 2. The minimum atomic E-state index is -0.638. The third-order valence-electron chi connectivity index (χ3n) is 4.82. The number of pyridine rings is 1. The molecule has 3 heterocycles. The zero-order chi connectivity index (χ0) is 19.1. The molecule has 138 valence electrons. The van der Waals surface area contributed by atoms with Crippen molar-refractivity contribution in [1.82, 2.24) is 20.1 Å². The first-order chi connectivity index (χ1) is 13.0. The molecule has 0 fully saturated rings. The SMILES string of the molecule is CN1C(=O)N[C@@H](c2cccc(Cl)c2Cl)C2=C1CN(Cc1cccnc1)C2=O. The monoisotopic (exact) mass is 402 g/mol. The molecule has 4 rings (SSSR count). The summed E-state index contributed by atoms with van der Waals surface area (Å²) in [5.74, 6) is -0.137. The van der Waals surface area contributed by atoms with E-state index in [1.807, 2.05) is 12.1 Å². The smallest absolute Gasteiger partial charge is 0.322 e. The number of benzene rings is 1. The van der Waals surface area contributed by atoms with Crippen molar-refractivity contribution in [3.63, 3.8) is 0 Å². The van der Waals surface area contributed by atoms with Crippen molar-refractivity contribution < 1.29 is 9.59 Å². The Hall–Kier alpha value is -2.57. The third-order valence-corrected chi connectivity index (χ3v) is 5.66. The predicted octanol–water partition coefficient (Wildman–Crippen LogP) is 3.38. The number of nitrogens with zero attached hydrogens (tertiary/aromatic N) is 3. The quantitative estimate of drug-likeness (QED) is 0.855. The zero-order valence-electron chi connectivity index (χ0n) is 14.4. The molecular formula is C19H16Cl2N4O2. The van der Waals surface area contributed by atoms with E-state index in [4.69, 9.17) is 23.2 Å². The van der Waals surface area contributed by atoms with Gasteiger partial charge < -0.3 is 10.2 Å². The van der Waals surface area contributed by atoms with Crippen molar-refractivity contribution in [2.24, 2.45) is 0 Å². The van der Waals surface area contributed by atoms with Gasteiger partial charge in [0, 0.05) is 26.0 Å². The summed E-state index contributed by atoms with van der Waals surface area (Å²) in [7, 11) is 1.65. The maximum atomic E-state index is 13.2. The van der Waals surface area contributed by atoms with Crippen LogP contribution in [0, 0.1) is 0 Å². The molecule has 2 aromatic rings. The molecule has 0 saturated heterocycles. The molecule has 0 aliphatic carbocycles. The topological polar surface area (TPSA) is 65.5 Å². The zero-order valence-corrected chi connectivity index (χ0v) is 16.0. The highest BCUT2D eigenvalue weighted by molar-refractivity contribution is 6.42. The lowest BCUT2D eigenvalue weighted by molar-refractivity contribution is -0.126.